The summed E-state index contributed by atoms with van der Waals surface area (Å²) in [6.07, 6.45) is 3.01. The molecule has 1 fully saturated rings. The fourth-order valence-corrected chi connectivity index (χ4v) is 5.19. The van der Waals surface area contributed by atoms with Crippen molar-refractivity contribution in [2.75, 3.05) is 31.5 Å². The lowest BCUT2D eigenvalue weighted by atomic mass is 10.1. The summed E-state index contributed by atoms with van der Waals surface area (Å²) in [6.45, 7) is 10.7. The molecule has 0 unspecified atom stereocenters. The third-order valence-corrected chi connectivity index (χ3v) is 7.27. The smallest absolute Gasteiger partial charge is 0.411 e. The van der Waals surface area contributed by atoms with Gasteiger partial charge >= 0.3 is 6.09 Å². The van der Waals surface area contributed by atoms with Crippen molar-refractivity contribution < 1.29 is 14.1 Å². The van der Waals surface area contributed by atoms with E-state index in [4.69, 9.17) is 14.2 Å². The van der Waals surface area contributed by atoms with Crippen LogP contribution in [-0.2, 0) is 11.3 Å². The number of pyridine rings is 1. The Kier molecular flexibility index (Phi) is 7.75. The van der Waals surface area contributed by atoms with E-state index in [1.807, 2.05) is 50.2 Å². The van der Waals surface area contributed by atoms with Crippen LogP contribution in [-0.4, -0.2) is 77.1 Å². The van der Waals surface area contributed by atoms with Crippen molar-refractivity contribution in [3.8, 4) is 22.5 Å². The minimum absolute atomic E-state index is 0.327. The number of carbonyl (C=O) groups is 1. The molecule has 4 aromatic heterocycles. The molecule has 13 heteroatoms. The number of aryl methyl sites for hydroxylation is 2. The van der Waals surface area contributed by atoms with Gasteiger partial charge in [-0.3, -0.25) is 4.90 Å². The maximum atomic E-state index is 12.3. The normalized spacial score (nSPS) is 14.3. The number of fused-ring (bicyclic) bond motifs is 1. The van der Waals surface area contributed by atoms with Crippen LogP contribution in [0.15, 0.2) is 53.4 Å². The van der Waals surface area contributed by atoms with Crippen LogP contribution in [0.2, 0.25) is 0 Å². The molecule has 1 aromatic carbocycles. The molecule has 0 spiro atoms. The number of ether oxygens (including phenoxy) is 1. The first-order valence-electron chi connectivity index (χ1n) is 14.0. The second-order valence-electron chi connectivity index (χ2n) is 11.1. The van der Waals surface area contributed by atoms with Gasteiger partial charge in [-0.05, 0) is 63.6 Å². The van der Waals surface area contributed by atoms with Crippen molar-refractivity contribution in [3.05, 3.63) is 65.9 Å². The van der Waals surface area contributed by atoms with Crippen LogP contribution in [0.1, 0.15) is 30.9 Å². The average molecular weight is 600 g/mol. The first-order chi connectivity index (χ1) is 20.6. The Morgan fingerprint density at radius 1 is 1.07 bits per heavy atom. The molecule has 2 N–H and O–H groups in total. The van der Waals surface area contributed by atoms with Crippen molar-refractivity contribution in [2.45, 2.75) is 39.2 Å². The molecule has 1 aliphatic heterocycles. The summed E-state index contributed by atoms with van der Waals surface area (Å²) in [5, 5.41) is 7.34. The number of aromatic nitrogens is 6. The summed E-state index contributed by atoms with van der Waals surface area (Å²) in [7, 11) is 0. The van der Waals surface area contributed by atoms with E-state index in [2.05, 4.69) is 47.9 Å². The largest absolute Gasteiger partial charge is 0.433 e. The van der Waals surface area contributed by atoms with Crippen molar-refractivity contribution >= 4 is 41.5 Å². The van der Waals surface area contributed by atoms with Gasteiger partial charge in [-0.15, -0.1) is 12.6 Å². The predicted molar refractivity (Wildman–Crippen MR) is 166 cm³/mol. The average Bonchev–Trinajstić information content (AvgIpc) is 3.53. The molecule has 1 amide bonds. The molecule has 5 heterocycles. The zero-order valence-corrected chi connectivity index (χ0v) is 25.4. The van der Waals surface area contributed by atoms with Crippen molar-refractivity contribution in [1.29, 1.82) is 0 Å². The number of anilines is 2. The van der Waals surface area contributed by atoms with Crippen LogP contribution in [0, 0.1) is 13.8 Å². The number of hydrogen-bond acceptors (Lipinski definition) is 11. The fraction of sp³-hybridized carbons (Fsp3) is 0.333. The molecule has 0 saturated carbocycles. The summed E-state index contributed by atoms with van der Waals surface area (Å²) >= 11 is 4.29. The summed E-state index contributed by atoms with van der Waals surface area (Å²) < 4.78 is 10.7. The lowest BCUT2D eigenvalue weighted by Crippen LogP contribution is -2.49. The van der Waals surface area contributed by atoms with E-state index < -0.39 is 4.93 Å². The number of carbonyl (C=O) groups excluding carboxylic acids is 1. The van der Waals surface area contributed by atoms with Crippen LogP contribution in [0.4, 0.5) is 16.6 Å². The number of imidazole rings is 1. The lowest BCUT2D eigenvalue weighted by molar-refractivity contribution is 0.0453. The van der Waals surface area contributed by atoms with E-state index in [1.165, 1.54) is 0 Å². The highest BCUT2D eigenvalue weighted by Crippen LogP contribution is 2.29. The highest BCUT2D eigenvalue weighted by atomic mass is 32.1. The minimum Gasteiger partial charge on any atom is -0.433 e. The number of amides is 1. The second-order valence-corrected chi connectivity index (χ2v) is 12.1. The molecule has 43 heavy (non-hydrogen) atoms. The number of nitrogens with zero attached hydrogens (tertiary/aromatic N) is 7. The molecule has 222 valence electrons. The van der Waals surface area contributed by atoms with Crippen LogP contribution in [0.25, 0.3) is 33.5 Å². The Bertz CT molecular complexity index is 1750. The van der Waals surface area contributed by atoms with Crippen molar-refractivity contribution in [2.24, 2.45) is 0 Å². The van der Waals surface area contributed by atoms with E-state index in [9.17, 15) is 4.79 Å². The summed E-state index contributed by atoms with van der Waals surface area (Å²) in [5.41, 5.74) is 6.95. The van der Waals surface area contributed by atoms with Gasteiger partial charge in [0.15, 0.2) is 4.93 Å². The number of hydrogen-bond donors (Lipinski definition) is 3. The second kappa shape index (κ2) is 11.7. The Labute approximate surface area is 254 Å². The van der Waals surface area contributed by atoms with Gasteiger partial charge in [-0.2, -0.15) is 0 Å². The Morgan fingerprint density at radius 2 is 1.86 bits per heavy atom. The van der Waals surface area contributed by atoms with Gasteiger partial charge in [-0.1, -0.05) is 11.2 Å². The number of piperazine rings is 1. The monoisotopic (exact) mass is 599 g/mol. The molecular weight excluding hydrogens is 566 g/mol. The maximum absolute atomic E-state index is 12.3. The van der Waals surface area contributed by atoms with Crippen molar-refractivity contribution in [3.63, 3.8) is 0 Å². The molecule has 0 radical (unpaired) electrons. The predicted octanol–water partition coefficient (Wildman–Crippen LogP) is 5.35. The van der Waals surface area contributed by atoms with Gasteiger partial charge in [0.1, 0.15) is 17.9 Å². The van der Waals surface area contributed by atoms with Gasteiger partial charge in [0.25, 0.3) is 0 Å². The quantitative estimate of drug-likeness (QED) is 0.166. The highest BCUT2D eigenvalue weighted by molar-refractivity contribution is 7.81. The molecule has 0 bridgehead atoms. The molecule has 6 rings (SSSR count). The first kappa shape index (κ1) is 28.6. The molecule has 0 aliphatic carbocycles. The van der Waals surface area contributed by atoms with Crippen LogP contribution < -0.4 is 5.32 Å². The third kappa shape index (κ3) is 6.62. The standard InChI is InChI=1S/C30H33N9O3S/c1-18-27(19(2)42-37-18)25-15-23(32-17-33-25)21-5-6-22-24(14-21)35-28(34-22)36-26-13-20(7-8-31-26)16-38-9-11-39(12-10-38)29(40)41-30(3,4)43/h5-8,13-15,17,43H,9-12,16H2,1-4H3,(H2,31,34,35,36). The number of rotatable bonds is 7. The summed E-state index contributed by atoms with van der Waals surface area (Å²) in [6, 6.07) is 11.9. The van der Waals surface area contributed by atoms with Crippen LogP contribution in [0.5, 0.6) is 0 Å². The Balaban J connectivity index is 1.11. The SMILES string of the molecule is Cc1noc(C)c1-c1cc(-c2ccc3nc(Nc4cc(CN5CCN(C(=O)OC(C)(C)S)CC5)ccn4)[nH]c3c2)ncn1. The highest BCUT2D eigenvalue weighted by Gasteiger charge is 2.26. The minimum atomic E-state index is -0.796. The van der Waals surface area contributed by atoms with E-state index >= 15 is 0 Å². The van der Waals surface area contributed by atoms with Crippen molar-refractivity contribution in [1.82, 2.24) is 39.9 Å². The molecule has 0 atom stereocenters. The fourth-order valence-electron chi connectivity index (χ4n) is 5.12. The molecular formula is C30H33N9O3S. The summed E-state index contributed by atoms with van der Waals surface area (Å²) in [5.74, 6) is 2.00. The summed E-state index contributed by atoms with van der Waals surface area (Å²) in [4.78, 5) is 37.0. The number of thiol groups is 1. The molecule has 1 saturated heterocycles. The lowest BCUT2D eigenvalue weighted by Gasteiger charge is -2.35. The molecule has 5 aromatic rings. The Morgan fingerprint density at radius 3 is 2.60 bits per heavy atom. The van der Waals surface area contributed by atoms with Crippen LogP contribution in [0.3, 0.4) is 0 Å². The van der Waals surface area contributed by atoms with Gasteiger partial charge < -0.3 is 24.5 Å². The third-order valence-electron chi connectivity index (χ3n) is 7.18. The van der Waals surface area contributed by atoms with E-state index in [0.717, 1.165) is 70.2 Å². The maximum Gasteiger partial charge on any atom is 0.411 e. The van der Waals surface area contributed by atoms with Crippen LogP contribution >= 0.6 is 12.6 Å². The molecule has 12 nitrogen and oxygen atoms in total. The zero-order valence-electron chi connectivity index (χ0n) is 24.5. The number of nitrogens with one attached hydrogen (secondary N) is 2. The number of H-pyrrole nitrogens is 1. The Hall–Kier alpha value is -4.49. The van der Waals surface area contributed by atoms with Gasteiger partial charge in [0.05, 0.1) is 33.7 Å². The van der Waals surface area contributed by atoms with Gasteiger partial charge in [0, 0.05) is 44.5 Å². The van der Waals surface area contributed by atoms with E-state index in [-0.39, 0.29) is 6.09 Å². The van der Waals surface area contributed by atoms with Gasteiger partial charge in [0.2, 0.25) is 5.95 Å². The van der Waals surface area contributed by atoms with E-state index in [1.54, 1.807) is 31.3 Å². The topological polar surface area (TPSA) is 138 Å². The van der Waals surface area contributed by atoms with E-state index in [0.29, 0.717) is 24.9 Å². The number of aromatic amines is 1. The first-order valence-corrected chi connectivity index (χ1v) is 14.5. The molecule has 1 aliphatic rings. The van der Waals surface area contributed by atoms with Gasteiger partial charge in [-0.25, -0.2) is 24.7 Å². The number of benzene rings is 1. The zero-order chi connectivity index (χ0) is 30.1.